The first kappa shape index (κ1) is 11.7. The molecule has 3 heteroatoms. The van der Waals surface area contributed by atoms with Gasteiger partial charge in [0.25, 0.3) is 0 Å². The standard InChI is InChI=1S/C13H22N2O/c1-3-15-8-4-5-12(15)11-14-13(2)6-9-16-10-7-13/h4-5,8,14H,3,6-7,9-11H2,1-2H3. The summed E-state index contributed by atoms with van der Waals surface area (Å²) in [4.78, 5) is 0. The van der Waals surface area contributed by atoms with Gasteiger partial charge in [-0.1, -0.05) is 0 Å². The summed E-state index contributed by atoms with van der Waals surface area (Å²) >= 11 is 0. The highest BCUT2D eigenvalue weighted by atomic mass is 16.5. The van der Waals surface area contributed by atoms with Gasteiger partial charge in [0.2, 0.25) is 0 Å². The minimum absolute atomic E-state index is 0.251. The minimum atomic E-state index is 0.251. The van der Waals surface area contributed by atoms with Crippen LogP contribution in [0.1, 0.15) is 32.4 Å². The van der Waals surface area contributed by atoms with E-state index in [9.17, 15) is 0 Å². The molecule has 0 spiro atoms. The average Bonchev–Trinajstić information content (AvgIpc) is 2.75. The lowest BCUT2D eigenvalue weighted by molar-refractivity contribution is 0.0444. The highest BCUT2D eigenvalue weighted by Gasteiger charge is 2.26. The van der Waals surface area contributed by atoms with E-state index in [1.54, 1.807) is 0 Å². The molecule has 1 N–H and O–H groups in total. The number of hydrogen-bond donors (Lipinski definition) is 1. The highest BCUT2D eigenvalue weighted by molar-refractivity contribution is 5.07. The van der Waals surface area contributed by atoms with E-state index >= 15 is 0 Å². The smallest absolute Gasteiger partial charge is 0.0483 e. The van der Waals surface area contributed by atoms with Gasteiger partial charge in [-0.15, -0.1) is 0 Å². The minimum Gasteiger partial charge on any atom is -0.381 e. The molecule has 0 aliphatic carbocycles. The van der Waals surface area contributed by atoms with Gasteiger partial charge in [-0.3, -0.25) is 0 Å². The molecule has 3 nitrogen and oxygen atoms in total. The van der Waals surface area contributed by atoms with Gasteiger partial charge in [-0.2, -0.15) is 0 Å². The predicted octanol–water partition coefficient (Wildman–Crippen LogP) is 2.17. The van der Waals surface area contributed by atoms with E-state index in [1.165, 1.54) is 5.69 Å². The van der Waals surface area contributed by atoms with Crippen LogP contribution < -0.4 is 5.32 Å². The second-order valence-electron chi connectivity index (χ2n) is 4.81. The maximum atomic E-state index is 5.40. The molecule has 0 aromatic carbocycles. The molecule has 16 heavy (non-hydrogen) atoms. The van der Waals surface area contributed by atoms with Crippen molar-refractivity contribution in [1.82, 2.24) is 9.88 Å². The fourth-order valence-electron chi connectivity index (χ4n) is 2.22. The first-order valence-corrected chi connectivity index (χ1v) is 6.20. The summed E-state index contributed by atoms with van der Waals surface area (Å²) < 4.78 is 7.69. The van der Waals surface area contributed by atoms with Crippen LogP contribution in [0.4, 0.5) is 0 Å². The molecule has 2 heterocycles. The molecule has 1 fully saturated rings. The molecule has 0 unspecified atom stereocenters. The number of nitrogens with one attached hydrogen (secondary N) is 1. The van der Waals surface area contributed by atoms with Crippen molar-refractivity contribution in [2.45, 2.75) is 45.3 Å². The third-order valence-corrected chi connectivity index (χ3v) is 3.56. The Morgan fingerprint density at radius 3 is 2.88 bits per heavy atom. The van der Waals surface area contributed by atoms with Gasteiger partial charge in [-0.05, 0) is 38.8 Å². The van der Waals surface area contributed by atoms with Gasteiger partial charge in [0.1, 0.15) is 0 Å². The fraction of sp³-hybridized carbons (Fsp3) is 0.692. The Bertz CT molecular complexity index is 326. The van der Waals surface area contributed by atoms with Crippen molar-refractivity contribution >= 4 is 0 Å². The van der Waals surface area contributed by atoms with Crippen LogP contribution in [0, 0.1) is 0 Å². The molecular weight excluding hydrogens is 200 g/mol. The summed E-state index contributed by atoms with van der Waals surface area (Å²) in [6.07, 6.45) is 4.36. The third-order valence-electron chi connectivity index (χ3n) is 3.56. The number of aromatic nitrogens is 1. The van der Waals surface area contributed by atoms with Crippen LogP contribution in [0.25, 0.3) is 0 Å². The molecule has 0 bridgehead atoms. The molecule has 0 atom stereocenters. The van der Waals surface area contributed by atoms with Crippen molar-refractivity contribution < 1.29 is 4.74 Å². The van der Waals surface area contributed by atoms with Gasteiger partial charge in [0.05, 0.1) is 0 Å². The summed E-state index contributed by atoms with van der Waals surface area (Å²) in [6, 6.07) is 4.31. The summed E-state index contributed by atoms with van der Waals surface area (Å²) in [5.41, 5.74) is 1.62. The molecular formula is C13H22N2O. The van der Waals surface area contributed by atoms with Crippen LogP contribution in [-0.2, 0) is 17.8 Å². The number of ether oxygens (including phenoxy) is 1. The van der Waals surface area contributed by atoms with Crippen molar-refractivity contribution in [2.75, 3.05) is 13.2 Å². The van der Waals surface area contributed by atoms with Gasteiger partial charge in [0.15, 0.2) is 0 Å². The van der Waals surface area contributed by atoms with Crippen LogP contribution in [0.3, 0.4) is 0 Å². The Kier molecular flexibility index (Phi) is 3.66. The Morgan fingerprint density at radius 2 is 2.19 bits per heavy atom. The summed E-state index contributed by atoms with van der Waals surface area (Å²) in [7, 11) is 0. The van der Waals surface area contributed by atoms with E-state index in [4.69, 9.17) is 4.74 Å². The third kappa shape index (κ3) is 2.66. The van der Waals surface area contributed by atoms with Crippen molar-refractivity contribution in [1.29, 1.82) is 0 Å². The Morgan fingerprint density at radius 1 is 1.44 bits per heavy atom. The molecule has 0 amide bonds. The largest absolute Gasteiger partial charge is 0.381 e. The van der Waals surface area contributed by atoms with Crippen LogP contribution in [-0.4, -0.2) is 23.3 Å². The molecule has 1 saturated heterocycles. The quantitative estimate of drug-likeness (QED) is 0.845. The van der Waals surface area contributed by atoms with Gasteiger partial charge in [0, 0.05) is 43.7 Å². The predicted molar refractivity (Wildman–Crippen MR) is 65.4 cm³/mol. The molecule has 90 valence electrons. The van der Waals surface area contributed by atoms with Crippen molar-refractivity contribution in [3.05, 3.63) is 24.0 Å². The van der Waals surface area contributed by atoms with Crippen LogP contribution >= 0.6 is 0 Å². The molecule has 2 rings (SSSR count). The first-order valence-electron chi connectivity index (χ1n) is 6.20. The lowest BCUT2D eigenvalue weighted by Crippen LogP contribution is -2.46. The van der Waals surface area contributed by atoms with Crippen LogP contribution in [0.5, 0.6) is 0 Å². The average molecular weight is 222 g/mol. The van der Waals surface area contributed by atoms with Crippen molar-refractivity contribution in [2.24, 2.45) is 0 Å². The summed E-state index contributed by atoms with van der Waals surface area (Å²) in [5.74, 6) is 0. The summed E-state index contributed by atoms with van der Waals surface area (Å²) in [6.45, 7) is 8.26. The lowest BCUT2D eigenvalue weighted by Gasteiger charge is -2.34. The summed E-state index contributed by atoms with van der Waals surface area (Å²) in [5, 5.41) is 3.67. The van der Waals surface area contributed by atoms with E-state index in [0.29, 0.717) is 0 Å². The Hall–Kier alpha value is -0.800. The van der Waals surface area contributed by atoms with Crippen molar-refractivity contribution in [3.8, 4) is 0 Å². The number of rotatable bonds is 4. The van der Waals surface area contributed by atoms with Crippen LogP contribution in [0.15, 0.2) is 18.3 Å². The van der Waals surface area contributed by atoms with E-state index in [1.807, 2.05) is 0 Å². The van der Waals surface area contributed by atoms with Gasteiger partial charge < -0.3 is 14.6 Å². The Balaban J connectivity index is 1.91. The number of aryl methyl sites for hydroxylation is 1. The maximum absolute atomic E-state index is 5.40. The molecule has 1 aliphatic rings. The zero-order valence-corrected chi connectivity index (χ0v) is 10.3. The van der Waals surface area contributed by atoms with E-state index in [0.717, 1.165) is 39.1 Å². The normalized spacial score (nSPS) is 19.9. The monoisotopic (exact) mass is 222 g/mol. The topological polar surface area (TPSA) is 26.2 Å². The molecule has 0 saturated carbocycles. The van der Waals surface area contributed by atoms with Gasteiger partial charge >= 0.3 is 0 Å². The van der Waals surface area contributed by atoms with E-state index < -0.39 is 0 Å². The SMILES string of the molecule is CCn1cccc1CNC1(C)CCOCC1. The lowest BCUT2D eigenvalue weighted by atomic mass is 9.92. The second kappa shape index (κ2) is 5.02. The molecule has 1 aromatic heterocycles. The van der Waals surface area contributed by atoms with Crippen LogP contribution in [0.2, 0.25) is 0 Å². The fourth-order valence-corrected chi connectivity index (χ4v) is 2.22. The second-order valence-corrected chi connectivity index (χ2v) is 4.81. The number of hydrogen-bond acceptors (Lipinski definition) is 2. The van der Waals surface area contributed by atoms with E-state index in [2.05, 4.69) is 42.1 Å². The van der Waals surface area contributed by atoms with Gasteiger partial charge in [-0.25, -0.2) is 0 Å². The molecule has 1 aliphatic heterocycles. The molecule has 1 aromatic rings. The van der Waals surface area contributed by atoms with Crippen molar-refractivity contribution in [3.63, 3.8) is 0 Å². The van der Waals surface area contributed by atoms with E-state index in [-0.39, 0.29) is 5.54 Å². The molecule has 0 radical (unpaired) electrons. The first-order chi connectivity index (χ1) is 7.73. The maximum Gasteiger partial charge on any atom is 0.0483 e. The highest BCUT2D eigenvalue weighted by Crippen LogP contribution is 2.20. The Labute approximate surface area is 97.8 Å². The zero-order chi connectivity index (χ0) is 11.4. The number of nitrogens with zero attached hydrogens (tertiary/aromatic N) is 1. The zero-order valence-electron chi connectivity index (χ0n) is 10.3.